The number of aryl methyl sites for hydroxylation is 3. The number of hydrogen-bond acceptors (Lipinski definition) is 5. The Bertz CT molecular complexity index is 1820. The lowest BCUT2D eigenvalue weighted by Crippen LogP contribution is -2.40. The van der Waals surface area contributed by atoms with Gasteiger partial charge in [-0.2, -0.15) is 0 Å². The van der Waals surface area contributed by atoms with Crippen LogP contribution in [-0.2, 0) is 18.3 Å². The molecular weight excluding hydrogens is 470 g/mol. The number of fused-ring (bicyclic) bond motifs is 3. The van der Waals surface area contributed by atoms with Gasteiger partial charge in [0.2, 0.25) is 0 Å². The number of methoxy groups -OCH3 is 2. The molecule has 8 heteroatoms. The number of para-hydroxylation sites is 1. The first kappa shape index (κ1) is 24.1. The summed E-state index contributed by atoms with van der Waals surface area (Å²) in [5.41, 5.74) is 4.17. The van der Waals surface area contributed by atoms with Crippen LogP contribution in [0.15, 0.2) is 70.3 Å². The standard InChI is InChI=1S/C29H27N3O5/c1-17-10-12-23-21(14-17)25-26(30(23)3)27(33)32(22-9-7-6-8-18(22)2)29(35)31(25)16-20-15-19(28(34)37-5)11-13-24(20)36-4/h6-15H,16H2,1-5H3. The molecule has 0 atom stereocenters. The normalized spacial score (nSPS) is 11.3. The average Bonchev–Trinajstić information content (AvgIpc) is 3.18. The van der Waals surface area contributed by atoms with Gasteiger partial charge in [0.05, 0.1) is 43.0 Å². The van der Waals surface area contributed by atoms with Crippen LogP contribution in [0.25, 0.3) is 27.6 Å². The second-order valence-corrected chi connectivity index (χ2v) is 9.09. The predicted molar refractivity (Wildman–Crippen MR) is 143 cm³/mol. The van der Waals surface area contributed by atoms with Gasteiger partial charge in [0.1, 0.15) is 11.3 Å². The molecule has 0 saturated carbocycles. The molecule has 0 radical (unpaired) electrons. The van der Waals surface area contributed by atoms with E-state index in [1.807, 2.05) is 55.8 Å². The summed E-state index contributed by atoms with van der Waals surface area (Å²) < 4.78 is 15.1. The number of nitrogens with zero attached hydrogens (tertiary/aromatic N) is 3. The Hall–Kier alpha value is -4.59. The lowest BCUT2D eigenvalue weighted by atomic mass is 10.1. The van der Waals surface area contributed by atoms with Crippen molar-refractivity contribution in [1.82, 2.24) is 13.7 Å². The molecule has 37 heavy (non-hydrogen) atoms. The number of esters is 1. The van der Waals surface area contributed by atoms with Crippen molar-refractivity contribution in [2.24, 2.45) is 7.05 Å². The van der Waals surface area contributed by atoms with Gasteiger partial charge < -0.3 is 14.0 Å². The topological polar surface area (TPSA) is 84.5 Å². The smallest absolute Gasteiger partial charge is 0.337 e. The molecule has 188 valence electrons. The highest BCUT2D eigenvalue weighted by molar-refractivity contribution is 6.06. The van der Waals surface area contributed by atoms with Gasteiger partial charge in [0, 0.05) is 18.0 Å². The van der Waals surface area contributed by atoms with Crippen LogP contribution in [0.2, 0.25) is 0 Å². The van der Waals surface area contributed by atoms with Crippen molar-refractivity contribution >= 4 is 27.9 Å². The molecule has 0 spiro atoms. The summed E-state index contributed by atoms with van der Waals surface area (Å²) in [4.78, 5) is 40.3. The Balaban J connectivity index is 1.92. The van der Waals surface area contributed by atoms with E-state index in [1.54, 1.807) is 34.9 Å². The molecular formula is C29H27N3O5. The van der Waals surface area contributed by atoms with Crippen LogP contribution in [0.3, 0.4) is 0 Å². The van der Waals surface area contributed by atoms with E-state index in [4.69, 9.17) is 9.47 Å². The first-order chi connectivity index (χ1) is 17.8. The molecule has 8 nitrogen and oxygen atoms in total. The molecule has 0 aliphatic heterocycles. The molecule has 0 unspecified atom stereocenters. The molecule has 2 aromatic heterocycles. The van der Waals surface area contributed by atoms with Crippen molar-refractivity contribution < 1.29 is 14.3 Å². The van der Waals surface area contributed by atoms with Gasteiger partial charge in [0.25, 0.3) is 5.56 Å². The Morgan fingerprint density at radius 2 is 1.68 bits per heavy atom. The molecule has 2 heterocycles. The molecule has 0 saturated heterocycles. The average molecular weight is 498 g/mol. The minimum atomic E-state index is -0.493. The van der Waals surface area contributed by atoms with Gasteiger partial charge in [-0.25, -0.2) is 14.2 Å². The first-order valence-electron chi connectivity index (χ1n) is 11.8. The predicted octanol–water partition coefficient (Wildman–Crippen LogP) is 4.10. The lowest BCUT2D eigenvalue weighted by Gasteiger charge is -2.16. The molecule has 5 aromatic rings. The zero-order chi connectivity index (χ0) is 26.4. The Morgan fingerprint density at radius 3 is 2.38 bits per heavy atom. The second-order valence-electron chi connectivity index (χ2n) is 9.09. The molecule has 0 amide bonds. The van der Waals surface area contributed by atoms with Gasteiger partial charge in [-0.3, -0.25) is 9.36 Å². The molecule has 0 N–H and O–H groups in total. The summed E-state index contributed by atoms with van der Waals surface area (Å²) >= 11 is 0. The molecule has 0 fully saturated rings. The summed E-state index contributed by atoms with van der Waals surface area (Å²) in [5.74, 6) is 0.0184. The second kappa shape index (κ2) is 9.13. The number of rotatable bonds is 5. The van der Waals surface area contributed by atoms with Gasteiger partial charge in [-0.15, -0.1) is 0 Å². The van der Waals surface area contributed by atoms with Gasteiger partial charge in [-0.1, -0.05) is 29.8 Å². The molecule has 0 aliphatic rings. The number of carbonyl (C=O) groups is 1. The Kier molecular flexibility index (Phi) is 5.95. The monoisotopic (exact) mass is 497 g/mol. The van der Waals surface area contributed by atoms with Crippen LogP contribution in [-0.4, -0.2) is 33.9 Å². The van der Waals surface area contributed by atoms with Crippen molar-refractivity contribution in [3.05, 3.63) is 104 Å². The summed E-state index contributed by atoms with van der Waals surface area (Å²) in [7, 11) is 4.68. The number of ether oxygens (including phenoxy) is 2. The zero-order valence-corrected chi connectivity index (χ0v) is 21.4. The maximum absolute atomic E-state index is 14.2. The van der Waals surface area contributed by atoms with E-state index in [2.05, 4.69) is 0 Å². The molecule has 0 bridgehead atoms. The molecule has 0 aliphatic carbocycles. The minimum absolute atomic E-state index is 0.0720. The van der Waals surface area contributed by atoms with E-state index in [9.17, 15) is 14.4 Å². The summed E-state index contributed by atoms with van der Waals surface area (Å²) in [5, 5.41) is 0.798. The zero-order valence-electron chi connectivity index (χ0n) is 21.4. The highest BCUT2D eigenvalue weighted by Crippen LogP contribution is 2.29. The number of hydrogen-bond donors (Lipinski definition) is 0. The van der Waals surface area contributed by atoms with Crippen molar-refractivity contribution in [3.8, 4) is 11.4 Å². The fourth-order valence-corrected chi connectivity index (χ4v) is 4.96. The maximum atomic E-state index is 14.2. The highest BCUT2D eigenvalue weighted by atomic mass is 16.5. The van der Waals surface area contributed by atoms with Crippen LogP contribution in [0.4, 0.5) is 0 Å². The third kappa shape index (κ3) is 3.81. The third-order valence-electron chi connectivity index (χ3n) is 6.81. The summed E-state index contributed by atoms with van der Waals surface area (Å²) in [6, 6.07) is 18.2. The summed E-state index contributed by atoms with van der Waals surface area (Å²) in [6.45, 7) is 3.91. The van der Waals surface area contributed by atoms with Crippen molar-refractivity contribution in [2.45, 2.75) is 20.4 Å². The number of carbonyl (C=O) groups excluding carboxylic acids is 1. The SMILES string of the molecule is COC(=O)c1ccc(OC)c(Cn2c(=O)n(-c3ccccc3C)c(=O)c3c2c2cc(C)ccc2n3C)c1. The van der Waals surface area contributed by atoms with E-state index < -0.39 is 17.2 Å². The molecule has 5 rings (SSSR count). The van der Waals surface area contributed by atoms with E-state index in [0.29, 0.717) is 33.6 Å². The maximum Gasteiger partial charge on any atom is 0.337 e. The fourth-order valence-electron chi connectivity index (χ4n) is 4.96. The lowest BCUT2D eigenvalue weighted by molar-refractivity contribution is 0.0600. The van der Waals surface area contributed by atoms with Crippen LogP contribution >= 0.6 is 0 Å². The van der Waals surface area contributed by atoms with E-state index in [-0.39, 0.29) is 6.54 Å². The van der Waals surface area contributed by atoms with Crippen LogP contribution in [0.1, 0.15) is 27.0 Å². The summed E-state index contributed by atoms with van der Waals surface area (Å²) in [6.07, 6.45) is 0. The van der Waals surface area contributed by atoms with Crippen molar-refractivity contribution in [2.75, 3.05) is 14.2 Å². The number of aromatic nitrogens is 3. The van der Waals surface area contributed by atoms with Gasteiger partial charge in [-0.05, 0) is 55.8 Å². The van der Waals surface area contributed by atoms with Crippen LogP contribution < -0.4 is 16.0 Å². The first-order valence-corrected chi connectivity index (χ1v) is 11.8. The van der Waals surface area contributed by atoms with E-state index in [0.717, 1.165) is 22.0 Å². The Labute approximate surface area is 212 Å². The largest absolute Gasteiger partial charge is 0.496 e. The van der Waals surface area contributed by atoms with Gasteiger partial charge >= 0.3 is 11.7 Å². The Morgan fingerprint density at radius 1 is 0.919 bits per heavy atom. The third-order valence-corrected chi connectivity index (χ3v) is 6.81. The molecule has 3 aromatic carbocycles. The quantitative estimate of drug-likeness (QED) is 0.341. The van der Waals surface area contributed by atoms with Gasteiger partial charge in [0.15, 0.2) is 0 Å². The van der Waals surface area contributed by atoms with Crippen molar-refractivity contribution in [3.63, 3.8) is 0 Å². The van der Waals surface area contributed by atoms with E-state index in [1.165, 1.54) is 18.8 Å². The van der Waals surface area contributed by atoms with Crippen LogP contribution in [0, 0.1) is 13.8 Å². The highest BCUT2D eigenvalue weighted by Gasteiger charge is 2.23. The van der Waals surface area contributed by atoms with E-state index >= 15 is 0 Å². The fraction of sp³-hybridized carbons (Fsp3) is 0.207. The number of benzene rings is 3. The van der Waals surface area contributed by atoms with Crippen LogP contribution in [0.5, 0.6) is 5.75 Å². The minimum Gasteiger partial charge on any atom is -0.496 e. The van der Waals surface area contributed by atoms with Crippen molar-refractivity contribution in [1.29, 1.82) is 0 Å².